The molecule has 0 radical (unpaired) electrons. The topological polar surface area (TPSA) is 31.4 Å². The van der Waals surface area contributed by atoms with E-state index in [0.29, 0.717) is 5.41 Å². The van der Waals surface area contributed by atoms with Crippen molar-refractivity contribution in [1.29, 1.82) is 0 Å². The molecule has 5 heteroatoms. The first-order valence-corrected chi connectivity index (χ1v) is 7.79. The van der Waals surface area contributed by atoms with Gasteiger partial charge in [-0.2, -0.15) is 0 Å². The molecule has 0 aromatic carbocycles. The molecule has 1 unspecified atom stereocenters. The minimum Gasteiger partial charge on any atom is -0.316 e. The molecule has 4 nitrogen and oxygen atoms in total. The number of halogens is 1. The highest BCUT2D eigenvalue weighted by Crippen LogP contribution is 2.26. The second-order valence-corrected chi connectivity index (χ2v) is 6.61. The molecule has 1 aromatic heterocycles. The summed E-state index contributed by atoms with van der Waals surface area (Å²) < 4.78 is 0. The van der Waals surface area contributed by atoms with Crippen LogP contribution in [0.1, 0.15) is 19.0 Å². The average Bonchev–Trinajstić information content (AvgIpc) is 2.89. The summed E-state index contributed by atoms with van der Waals surface area (Å²) in [6.07, 6.45) is 3.21. The fourth-order valence-electron chi connectivity index (χ4n) is 3.37. The van der Waals surface area contributed by atoms with E-state index in [0.717, 1.165) is 6.54 Å². The largest absolute Gasteiger partial charge is 0.316 e. The predicted molar refractivity (Wildman–Crippen MR) is 88.8 cm³/mol. The van der Waals surface area contributed by atoms with Gasteiger partial charge < -0.3 is 10.2 Å². The van der Waals surface area contributed by atoms with Crippen molar-refractivity contribution in [2.45, 2.75) is 19.9 Å². The van der Waals surface area contributed by atoms with E-state index in [2.05, 4.69) is 39.2 Å². The highest BCUT2D eigenvalue weighted by Gasteiger charge is 2.31. The van der Waals surface area contributed by atoms with Crippen LogP contribution in [0.4, 0.5) is 0 Å². The fourth-order valence-corrected chi connectivity index (χ4v) is 3.37. The van der Waals surface area contributed by atoms with Gasteiger partial charge in [0.25, 0.3) is 0 Å². The molecule has 3 rings (SSSR count). The fraction of sp³-hybridized carbons (Fsp3) is 0.688. The Morgan fingerprint density at radius 1 is 1.19 bits per heavy atom. The maximum Gasteiger partial charge on any atom is 0.0543 e. The minimum absolute atomic E-state index is 0. The smallest absolute Gasteiger partial charge is 0.0543 e. The van der Waals surface area contributed by atoms with Gasteiger partial charge in [0.05, 0.1) is 5.69 Å². The lowest BCUT2D eigenvalue weighted by molar-refractivity contribution is 0.0926. The Morgan fingerprint density at radius 3 is 2.57 bits per heavy atom. The van der Waals surface area contributed by atoms with E-state index in [1.165, 1.54) is 57.9 Å². The molecule has 1 aromatic rings. The Balaban J connectivity index is 0.00000161. The first-order chi connectivity index (χ1) is 9.73. The van der Waals surface area contributed by atoms with Crippen LogP contribution in [0.15, 0.2) is 24.4 Å². The van der Waals surface area contributed by atoms with E-state index in [1.807, 2.05) is 12.3 Å². The number of piperazine rings is 1. The number of hydrogen-bond donors (Lipinski definition) is 1. The molecule has 2 fully saturated rings. The Labute approximate surface area is 134 Å². The van der Waals surface area contributed by atoms with E-state index in [4.69, 9.17) is 0 Å². The van der Waals surface area contributed by atoms with E-state index in [1.54, 1.807) is 0 Å². The van der Waals surface area contributed by atoms with Crippen molar-refractivity contribution in [3.05, 3.63) is 30.1 Å². The molecule has 3 heterocycles. The molecule has 1 N–H and O–H groups in total. The summed E-state index contributed by atoms with van der Waals surface area (Å²) in [6, 6.07) is 6.18. The van der Waals surface area contributed by atoms with Gasteiger partial charge in [-0.15, -0.1) is 12.4 Å². The SMILES string of the molecule is CC1(CN2CCN(Cc3ccccn3)CC2)CCNC1.Cl. The van der Waals surface area contributed by atoms with Crippen LogP contribution < -0.4 is 5.32 Å². The molecule has 21 heavy (non-hydrogen) atoms. The van der Waals surface area contributed by atoms with Crippen LogP contribution in [0.2, 0.25) is 0 Å². The molecular weight excluding hydrogens is 284 g/mol. The lowest BCUT2D eigenvalue weighted by Gasteiger charge is -2.38. The van der Waals surface area contributed by atoms with Crippen molar-refractivity contribution in [2.75, 3.05) is 45.8 Å². The van der Waals surface area contributed by atoms with Crippen molar-refractivity contribution in [3.8, 4) is 0 Å². The first-order valence-electron chi connectivity index (χ1n) is 7.79. The second-order valence-electron chi connectivity index (χ2n) is 6.61. The zero-order valence-electron chi connectivity index (χ0n) is 12.9. The average molecular weight is 311 g/mol. The quantitative estimate of drug-likeness (QED) is 0.916. The highest BCUT2D eigenvalue weighted by molar-refractivity contribution is 5.85. The lowest BCUT2D eigenvalue weighted by atomic mass is 9.89. The summed E-state index contributed by atoms with van der Waals surface area (Å²) in [4.78, 5) is 9.59. The molecule has 2 saturated heterocycles. The molecular formula is C16H27ClN4. The number of aromatic nitrogens is 1. The third kappa shape index (κ3) is 4.65. The third-order valence-electron chi connectivity index (χ3n) is 4.64. The van der Waals surface area contributed by atoms with Gasteiger partial charge in [0.2, 0.25) is 0 Å². The Bertz CT molecular complexity index is 412. The molecule has 0 amide bonds. The van der Waals surface area contributed by atoms with Gasteiger partial charge >= 0.3 is 0 Å². The highest BCUT2D eigenvalue weighted by atomic mass is 35.5. The van der Waals surface area contributed by atoms with Gasteiger partial charge in [0.1, 0.15) is 0 Å². The standard InChI is InChI=1S/C16H26N4.ClH/c1-16(5-7-17-13-16)14-20-10-8-19(9-11-20)12-15-4-2-3-6-18-15;/h2-4,6,17H,5,7-14H2,1H3;1H. The molecule has 0 bridgehead atoms. The van der Waals surface area contributed by atoms with Crippen molar-refractivity contribution in [2.24, 2.45) is 5.41 Å². The van der Waals surface area contributed by atoms with Crippen LogP contribution in [-0.4, -0.2) is 60.6 Å². The Hall–Kier alpha value is -0.680. The lowest BCUT2D eigenvalue weighted by Crippen LogP contribution is -2.49. The zero-order chi connectivity index (χ0) is 13.8. The van der Waals surface area contributed by atoms with Crippen molar-refractivity contribution in [3.63, 3.8) is 0 Å². The van der Waals surface area contributed by atoms with Crippen LogP contribution in [0.25, 0.3) is 0 Å². The van der Waals surface area contributed by atoms with Crippen molar-refractivity contribution >= 4 is 12.4 Å². The Morgan fingerprint density at radius 2 is 1.95 bits per heavy atom. The number of hydrogen-bond acceptors (Lipinski definition) is 4. The van der Waals surface area contributed by atoms with Crippen LogP contribution in [0.3, 0.4) is 0 Å². The number of rotatable bonds is 4. The Kier molecular flexibility index (Phi) is 5.99. The van der Waals surface area contributed by atoms with Crippen LogP contribution in [0.5, 0.6) is 0 Å². The third-order valence-corrected chi connectivity index (χ3v) is 4.64. The predicted octanol–water partition coefficient (Wildman–Crippen LogP) is 1.62. The summed E-state index contributed by atoms with van der Waals surface area (Å²) in [6.45, 7) is 11.8. The van der Waals surface area contributed by atoms with Crippen molar-refractivity contribution in [1.82, 2.24) is 20.1 Å². The maximum absolute atomic E-state index is 4.42. The normalized spacial score (nSPS) is 27.5. The maximum atomic E-state index is 4.42. The van der Waals surface area contributed by atoms with Gasteiger partial charge in [-0.25, -0.2) is 0 Å². The molecule has 2 aliphatic rings. The number of nitrogens with one attached hydrogen (secondary N) is 1. The summed E-state index contributed by atoms with van der Waals surface area (Å²) in [5.74, 6) is 0. The van der Waals surface area contributed by atoms with Gasteiger partial charge in [0.15, 0.2) is 0 Å². The van der Waals surface area contributed by atoms with E-state index in [9.17, 15) is 0 Å². The minimum atomic E-state index is 0. The summed E-state index contributed by atoms with van der Waals surface area (Å²) >= 11 is 0. The van der Waals surface area contributed by atoms with E-state index < -0.39 is 0 Å². The van der Waals surface area contributed by atoms with Gasteiger partial charge in [-0.1, -0.05) is 13.0 Å². The molecule has 0 aliphatic carbocycles. The van der Waals surface area contributed by atoms with Gasteiger partial charge in [-0.05, 0) is 30.5 Å². The zero-order valence-corrected chi connectivity index (χ0v) is 13.7. The molecule has 1 atom stereocenters. The molecule has 2 aliphatic heterocycles. The van der Waals surface area contributed by atoms with Gasteiger partial charge in [-0.3, -0.25) is 9.88 Å². The monoisotopic (exact) mass is 310 g/mol. The number of pyridine rings is 1. The summed E-state index contributed by atoms with van der Waals surface area (Å²) in [5.41, 5.74) is 1.68. The molecule has 0 saturated carbocycles. The number of nitrogens with zero attached hydrogens (tertiary/aromatic N) is 3. The van der Waals surface area contributed by atoms with E-state index >= 15 is 0 Å². The molecule has 0 spiro atoms. The van der Waals surface area contributed by atoms with Crippen LogP contribution >= 0.6 is 12.4 Å². The second kappa shape index (κ2) is 7.54. The van der Waals surface area contributed by atoms with Crippen LogP contribution in [0, 0.1) is 5.41 Å². The van der Waals surface area contributed by atoms with Gasteiger partial charge in [0, 0.05) is 52.0 Å². The first kappa shape index (κ1) is 16.7. The van der Waals surface area contributed by atoms with Crippen LogP contribution in [-0.2, 0) is 6.54 Å². The van der Waals surface area contributed by atoms with Crippen molar-refractivity contribution < 1.29 is 0 Å². The molecule has 118 valence electrons. The summed E-state index contributed by atoms with van der Waals surface area (Å²) in [7, 11) is 0. The summed E-state index contributed by atoms with van der Waals surface area (Å²) in [5, 5.41) is 3.50. The van der Waals surface area contributed by atoms with E-state index in [-0.39, 0.29) is 12.4 Å².